The van der Waals surface area contributed by atoms with Gasteiger partial charge in [0.1, 0.15) is 17.3 Å². The van der Waals surface area contributed by atoms with Crippen molar-refractivity contribution < 1.29 is 14.3 Å². The van der Waals surface area contributed by atoms with E-state index in [-0.39, 0.29) is 21.5 Å². The number of piperidine rings is 1. The van der Waals surface area contributed by atoms with E-state index in [9.17, 15) is 9.59 Å². The number of likely N-dealkylation sites (tertiary alicyclic amines) is 1. The second-order valence-corrected chi connectivity index (χ2v) is 10.2. The van der Waals surface area contributed by atoms with Gasteiger partial charge in [-0.2, -0.15) is 0 Å². The van der Waals surface area contributed by atoms with E-state index in [1.165, 1.54) is 20.3 Å². The number of fused-ring (bicyclic) bond motifs is 1. The molecular formula is C28H33Cl2N5O4. The number of anilines is 1. The Balaban J connectivity index is 1.74. The first-order chi connectivity index (χ1) is 18.7. The molecule has 11 heteroatoms. The molecule has 0 saturated carbocycles. The normalized spacial score (nSPS) is 14.1. The lowest BCUT2D eigenvalue weighted by Gasteiger charge is -2.36. The van der Waals surface area contributed by atoms with E-state index in [2.05, 4.69) is 21.8 Å². The summed E-state index contributed by atoms with van der Waals surface area (Å²) >= 11 is 13.4. The van der Waals surface area contributed by atoms with Crippen LogP contribution in [0.25, 0.3) is 22.0 Å². The van der Waals surface area contributed by atoms with Gasteiger partial charge in [0.2, 0.25) is 5.91 Å². The number of pyridine rings is 2. The number of halogens is 2. The Labute approximate surface area is 237 Å². The molecule has 1 aliphatic rings. The number of ether oxygens (including phenoxy) is 2. The Morgan fingerprint density at radius 1 is 1.18 bits per heavy atom. The van der Waals surface area contributed by atoms with Crippen LogP contribution in [-0.2, 0) is 11.3 Å². The molecule has 3 heterocycles. The fourth-order valence-electron chi connectivity index (χ4n) is 5.03. The number of benzene rings is 1. The van der Waals surface area contributed by atoms with E-state index in [0.717, 1.165) is 23.7 Å². The van der Waals surface area contributed by atoms with Crippen molar-refractivity contribution in [1.82, 2.24) is 19.4 Å². The molecule has 9 nitrogen and oxygen atoms in total. The highest BCUT2D eigenvalue weighted by atomic mass is 35.5. The SMILES string of the molecule is C=CC(=O)N1CCC(N(C)CCn2c(=O)c(-c3c(Cl)c(OC)cc(OC)c3Cl)cc3cnc(NC)cc32)CC1. The van der Waals surface area contributed by atoms with Gasteiger partial charge >= 0.3 is 0 Å². The second kappa shape index (κ2) is 12.3. The molecule has 0 atom stereocenters. The highest BCUT2D eigenvalue weighted by molar-refractivity contribution is 6.41. The number of aromatic nitrogens is 2. The number of carbonyl (C=O) groups excluding carboxylic acids is 1. The lowest BCUT2D eigenvalue weighted by molar-refractivity contribution is -0.127. The maximum Gasteiger partial charge on any atom is 0.259 e. The molecule has 208 valence electrons. The highest BCUT2D eigenvalue weighted by Gasteiger charge is 2.26. The van der Waals surface area contributed by atoms with Gasteiger partial charge in [-0.25, -0.2) is 4.98 Å². The van der Waals surface area contributed by atoms with Crippen molar-refractivity contribution in [3.8, 4) is 22.6 Å². The van der Waals surface area contributed by atoms with E-state index in [1.54, 1.807) is 29.9 Å². The molecule has 0 unspecified atom stereocenters. The maximum atomic E-state index is 14.1. The monoisotopic (exact) mass is 573 g/mol. The first kappa shape index (κ1) is 28.7. The van der Waals surface area contributed by atoms with Crippen LogP contribution in [0.2, 0.25) is 10.0 Å². The van der Waals surface area contributed by atoms with Gasteiger partial charge in [0.15, 0.2) is 0 Å². The van der Waals surface area contributed by atoms with Crippen molar-refractivity contribution in [3.05, 3.63) is 57.4 Å². The molecule has 1 fully saturated rings. The Hall–Kier alpha value is -3.27. The smallest absolute Gasteiger partial charge is 0.259 e. The summed E-state index contributed by atoms with van der Waals surface area (Å²) in [5.74, 6) is 1.31. The molecule has 0 spiro atoms. The zero-order valence-corrected chi connectivity index (χ0v) is 24.1. The van der Waals surface area contributed by atoms with Gasteiger partial charge in [0.25, 0.3) is 5.56 Å². The van der Waals surface area contributed by atoms with E-state index in [0.29, 0.717) is 60.7 Å². The molecule has 1 saturated heterocycles. The zero-order valence-electron chi connectivity index (χ0n) is 22.6. The van der Waals surface area contributed by atoms with E-state index < -0.39 is 0 Å². The summed E-state index contributed by atoms with van der Waals surface area (Å²) in [5.41, 5.74) is 1.17. The molecule has 4 rings (SSSR count). The van der Waals surface area contributed by atoms with Crippen LogP contribution < -0.4 is 20.3 Å². The molecule has 1 amide bonds. The van der Waals surface area contributed by atoms with Crippen LogP contribution in [0.3, 0.4) is 0 Å². The number of hydrogen-bond donors (Lipinski definition) is 1. The van der Waals surface area contributed by atoms with Crippen molar-refractivity contribution in [2.75, 3.05) is 53.3 Å². The first-order valence-electron chi connectivity index (χ1n) is 12.7. The fourth-order valence-corrected chi connectivity index (χ4v) is 5.73. The third-order valence-electron chi connectivity index (χ3n) is 7.33. The Bertz CT molecular complexity index is 1420. The number of likely N-dealkylation sites (N-methyl/N-ethyl adjacent to an activating group) is 1. The predicted molar refractivity (Wildman–Crippen MR) is 157 cm³/mol. The molecular weight excluding hydrogens is 541 g/mol. The third kappa shape index (κ3) is 5.71. The summed E-state index contributed by atoms with van der Waals surface area (Å²) in [6.07, 6.45) is 4.79. The number of carbonyl (C=O) groups is 1. The third-order valence-corrected chi connectivity index (χ3v) is 8.08. The first-order valence-corrected chi connectivity index (χ1v) is 13.4. The average Bonchev–Trinajstić information content (AvgIpc) is 2.96. The minimum absolute atomic E-state index is 0.0358. The zero-order chi connectivity index (χ0) is 28.3. The molecule has 1 aromatic carbocycles. The van der Waals surface area contributed by atoms with Gasteiger partial charge in [0, 0.05) is 68.5 Å². The summed E-state index contributed by atoms with van der Waals surface area (Å²) in [4.78, 5) is 34.5. The van der Waals surface area contributed by atoms with E-state index >= 15 is 0 Å². The minimum Gasteiger partial charge on any atom is -0.495 e. The molecule has 1 N–H and O–H groups in total. The number of amides is 1. The largest absolute Gasteiger partial charge is 0.495 e. The van der Waals surface area contributed by atoms with E-state index in [1.807, 2.05) is 18.0 Å². The summed E-state index contributed by atoms with van der Waals surface area (Å²) in [6, 6.07) is 5.50. The number of rotatable bonds is 9. The van der Waals surface area contributed by atoms with Crippen molar-refractivity contribution in [3.63, 3.8) is 0 Å². The predicted octanol–water partition coefficient (Wildman–Crippen LogP) is 4.54. The minimum atomic E-state index is -0.241. The topological polar surface area (TPSA) is 88.9 Å². The molecule has 0 aliphatic carbocycles. The van der Waals surface area contributed by atoms with Gasteiger partial charge in [0.05, 0.1) is 35.3 Å². The fraction of sp³-hybridized carbons (Fsp3) is 0.393. The van der Waals surface area contributed by atoms with Crippen LogP contribution in [0.4, 0.5) is 5.82 Å². The highest BCUT2D eigenvalue weighted by Crippen LogP contribution is 2.45. The Morgan fingerprint density at radius 2 is 1.82 bits per heavy atom. The number of hydrogen-bond acceptors (Lipinski definition) is 7. The van der Waals surface area contributed by atoms with Crippen LogP contribution in [0.15, 0.2) is 41.8 Å². The van der Waals surface area contributed by atoms with Crippen LogP contribution in [0.5, 0.6) is 11.5 Å². The molecule has 3 aromatic rings. The Morgan fingerprint density at radius 3 is 2.38 bits per heavy atom. The van der Waals surface area contributed by atoms with Gasteiger partial charge in [-0.3, -0.25) is 9.59 Å². The second-order valence-electron chi connectivity index (χ2n) is 9.42. The quantitative estimate of drug-likeness (QED) is 0.376. The summed E-state index contributed by atoms with van der Waals surface area (Å²) in [7, 11) is 6.82. The number of nitrogens with zero attached hydrogens (tertiary/aromatic N) is 4. The summed E-state index contributed by atoms with van der Waals surface area (Å²) in [6.45, 7) is 6.00. The Kier molecular flexibility index (Phi) is 9.04. The van der Waals surface area contributed by atoms with Gasteiger partial charge < -0.3 is 29.2 Å². The average molecular weight is 575 g/mol. The molecule has 0 radical (unpaired) electrons. The van der Waals surface area contributed by atoms with Gasteiger partial charge in [-0.15, -0.1) is 0 Å². The van der Waals surface area contributed by atoms with E-state index in [4.69, 9.17) is 32.7 Å². The van der Waals surface area contributed by atoms with Crippen molar-refractivity contribution in [2.24, 2.45) is 0 Å². The maximum absolute atomic E-state index is 14.1. The molecule has 0 bridgehead atoms. The number of nitrogens with one attached hydrogen (secondary N) is 1. The summed E-state index contributed by atoms with van der Waals surface area (Å²) < 4.78 is 12.6. The van der Waals surface area contributed by atoms with Crippen LogP contribution in [0, 0.1) is 0 Å². The van der Waals surface area contributed by atoms with Crippen LogP contribution in [0.1, 0.15) is 12.8 Å². The standard InChI is InChI=1S/C28H33Cl2N5O4/c1-6-24(36)34-9-7-18(8-10-34)33(3)11-12-35-20-14-23(31-2)32-16-17(20)13-19(28(35)37)25-26(29)21(38-4)15-22(39-5)27(25)30/h6,13-16,18H,1,7-12H2,2-5H3,(H,31,32). The number of methoxy groups -OCH3 is 2. The van der Waals surface area contributed by atoms with Gasteiger partial charge in [-0.1, -0.05) is 29.8 Å². The van der Waals surface area contributed by atoms with Gasteiger partial charge in [-0.05, 0) is 32.0 Å². The lowest BCUT2D eigenvalue weighted by Crippen LogP contribution is -2.46. The summed E-state index contributed by atoms with van der Waals surface area (Å²) in [5, 5.41) is 4.26. The molecule has 2 aromatic heterocycles. The van der Waals surface area contributed by atoms with Crippen molar-refractivity contribution in [2.45, 2.75) is 25.4 Å². The van der Waals surface area contributed by atoms with Crippen molar-refractivity contribution >= 4 is 45.8 Å². The molecule has 39 heavy (non-hydrogen) atoms. The van der Waals surface area contributed by atoms with Crippen molar-refractivity contribution in [1.29, 1.82) is 0 Å². The molecule has 1 aliphatic heterocycles. The van der Waals surface area contributed by atoms with Crippen LogP contribution in [-0.4, -0.2) is 79.2 Å². The lowest BCUT2D eigenvalue weighted by atomic mass is 10.0. The van der Waals surface area contributed by atoms with Crippen LogP contribution >= 0.6 is 23.2 Å².